The number of hydrogen-bond acceptors (Lipinski definition) is 2. The SMILES string of the molecule is O=C(O)Nn1cnc(Br)c1. The highest BCUT2D eigenvalue weighted by atomic mass is 79.9. The van der Waals surface area contributed by atoms with E-state index >= 15 is 0 Å². The van der Waals surface area contributed by atoms with Gasteiger partial charge in [-0.15, -0.1) is 0 Å². The van der Waals surface area contributed by atoms with Crippen LogP contribution in [0.3, 0.4) is 0 Å². The highest BCUT2D eigenvalue weighted by Gasteiger charge is 1.96. The summed E-state index contributed by atoms with van der Waals surface area (Å²) in [5.74, 6) is 0. The van der Waals surface area contributed by atoms with Crippen LogP contribution in [0.2, 0.25) is 0 Å². The zero-order valence-corrected chi connectivity index (χ0v) is 6.37. The highest BCUT2D eigenvalue weighted by molar-refractivity contribution is 9.10. The minimum absolute atomic E-state index is 0.584. The largest absolute Gasteiger partial charge is 0.464 e. The number of rotatable bonds is 1. The van der Waals surface area contributed by atoms with E-state index in [1.165, 1.54) is 17.2 Å². The maximum Gasteiger partial charge on any atom is 0.424 e. The molecule has 1 aromatic heterocycles. The third-order valence-electron chi connectivity index (χ3n) is 0.776. The van der Waals surface area contributed by atoms with Crippen LogP contribution in [0, 0.1) is 0 Å². The van der Waals surface area contributed by atoms with E-state index in [1.807, 2.05) is 0 Å². The molecule has 0 aliphatic heterocycles. The van der Waals surface area contributed by atoms with Crippen molar-refractivity contribution in [2.24, 2.45) is 0 Å². The lowest BCUT2D eigenvalue weighted by atomic mass is 10.9. The van der Waals surface area contributed by atoms with Crippen LogP contribution in [0.5, 0.6) is 0 Å². The average Bonchev–Trinajstić information content (AvgIpc) is 2.13. The molecule has 1 amide bonds. The predicted molar refractivity (Wildman–Crippen MR) is 37.3 cm³/mol. The molecule has 54 valence electrons. The van der Waals surface area contributed by atoms with Gasteiger partial charge in [0, 0.05) is 0 Å². The molecule has 0 aliphatic rings. The normalized spacial score (nSPS) is 9.30. The van der Waals surface area contributed by atoms with Crippen LogP contribution < -0.4 is 5.43 Å². The number of imidazole rings is 1. The standard InChI is InChI=1S/C4H4BrN3O2/c5-3-1-8(2-6-3)7-4(9)10/h1-2,7H,(H,9,10). The Morgan fingerprint density at radius 1 is 1.90 bits per heavy atom. The van der Waals surface area contributed by atoms with E-state index in [9.17, 15) is 4.79 Å². The zero-order chi connectivity index (χ0) is 7.56. The molecular weight excluding hydrogens is 202 g/mol. The van der Waals surface area contributed by atoms with Crippen LogP contribution >= 0.6 is 15.9 Å². The maximum atomic E-state index is 10.0. The molecule has 0 atom stereocenters. The molecule has 1 aromatic rings. The van der Waals surface area contributed by atoms with Gasteiger partial charge in [-0.05, 0) is 15.9 Å². The molecule has 6 heteroatoms. The molecule has 0 fully saturated rings. The average molecular weight is 206 g/mol. The monoisotopic (exact) mass is 205 g/mol. The van der Waals surface area contributed by atoms with E-state index in [1.54, 1.807) is 0 Å². The summed E-state index contributed by atoms with van der Waals surface area (Å²) in [6.07, 6.45) is 1.72. The number of aromatic nitrogens is 2. The van der Waals surface area contributed by atoms with Crippen LogP contribution in [0.1, 0.15) is 0 Å². The first-order valence-electron chi connectivity index (χ1n) is 2.38. The third-order valence-corrected chi connectivity index (χ3v) is 1.19. The minimum Gasteiger partial charge on any atom is -0.464 e. The Kier molecular flexibility index (Phi) is 1.91. The Labute approximate surface area is 64.8 Å². The van der Waals surface area contributed by atoms with E-state index < -0.39 is 6.09 Å². The van der Waals surface area contributed by atoms with Crippen molar-refractivity contribution >= 4 is 22.0 Å². The van der Waals surface area contributed by atoms with E-state index in [-0.39, 0.29) is 0 Å². The fourth-order valence-corrected chi connectivity index (χ4v) is 0.783. The first-order valence-corrected chi connectivity index (χ1v) is 3.17. The molecule has 0 aliphatic carbocycles. The Hall–Kier alpha value is -1.04. The van der Waals surface area contributed by atoms with Gasteiger partial charge >= 0.3 is 6.09 Å². The lowest BCUT2D eigenvalue weighted by Crippen LogP contribution is -2.18. The molecule has 2 N–H and O–H groups in total. The molecule has 0 bridgehead atoms. The number of nitrogens with one attached hydrogen (secondary N) is 1. The molecule has 1 rings (SSSR count). The van der Waals surface area contributed by atoms with Crippen molar-refractivity contribution in [3.05, 3.63) is 17.1 Å². The van der Waals surface area contributed by atoms with Gasteiger partial charge in [-0.1, -0.05) is 0 Å². The summed E-state index contributed by atoms with van der Waals surface area (Å²) in [6, 6.07) is 0. The van der Waals surface area contributed by atoms with Gasteiger partial charge in [0.05, 0.1) is 6.20 Å². The molecule has 5 nitrogen and oxygen atoms in total. The van der Waals surface area contributed by atoms with Crippen LogP contribution in [-0.4, -0.2) is 20.9 Å². The number of nitrogens with zero attached hydrogens (tertiary/aromatic N) is 2. The van der Waals surface area contributed by atoms with E-state index in [0.717, 1.165) is 0 Å². The van der Waals surface area contributed by atoms with Crippen molar-refractivity contribution in [3.8, 4) is 0 Å². The van der Waals surface area contributed by atoms with Gasteiger partial charge in [0.15, 0.2) is 0 Å². The van der Waals surface area contributed by atoms with Gasteiger partial charge in [0.1, 0.15) is 10.9 Å². The van der Waals surface area contributed by atoms with Crippen LogP contribution in [-0.2, 0) is 0 Å². The van der Waals surface area contributed by atoms with Gasteiger partial charge in [0.2, 0.25) is 0 Å². The third kappa shape index (κ3) is 1.73. The van der Waals surface area contributed by atoms with E-state index in [0.29, 0.717) is 4.60 Å². The molecule has 10 heavy (non-hydrogen) atoms. The number of halogens is 1. The Morgan fingerprint density at radius 2 is 2.60 bits per heavy atom. The second kappa shape index (κ2) is 2.70. The summed E-state index contributed by atoms with van der Waals surface area (Å²) in [6.45, 7) is 0. The highest BCUT2D eigenvalue weighted by Crippen LogP contribution is 2.01. The Bertz CT molecular complexity index is 246. The Morgan fingerprint density at radius 3 is 3.00 bits per heavy atom. The van der Waals surface area contributed by atoms with Crippen molar-refractivity contribution in [1.29, 1.82) is 0 Å². The molecular formula is C4H4BrN3O2. The van der Waals surface area contributed by atoms with Crippen molar-refractivity contribution in [2.45, 2.75) is 0 Å². The number of carboxylic acid groups (broad SMARTS) is 1. The van der Waals surface area contributed by atoms with Crippen molar-refractivity contribution < 1.29 is 9.90 Å². The second-order valence-electron chi connectivity index (χ2n) is 1.52. The molecule has 1 heterocycles. The summed E-state index contributed by atoms with van der Waals surface area (Å²) in [5.41, 5.74) is 2.07. The first kappa shape index (κ1) is 7.07. The van der Waals surface area contributed by atoms with Gasteiger partial charge in [0.25, 0.3) is 0 Å². The second-order valence-corrected chi connectivity index (χ2v) is 2.33. The maximum absolute atomic E-state index is 10.0. The molecule has 0 radical (unpaired) electrons. The van der Waals surface area contributed by atoms with Crippen LogP contribution in [0.25, 0.3) is 0 Å². The summed E-state index contributed by atoms with van der Waals surface area (Å²) in [7, 11) is 0. The van der Waals surface area contributed by atoms with Gasteiger partial charge < -0.3 is 5.11 Å². The summed E-state index contributed by atoms with van der Waals surface area (Å²) in [5, 5.41) is 8.20. The van der Waals surface area contributed by atoms with E-state index in [4.69, 9.17) is 5.11 Å². The number of hydrogen-bond donors (Lipinski definition) is 2. The van der Waals surface area contributed by atoms with Crippen LogP contribution in [0.15, 0.2) is 17.1 Å². The summed E-state index contributed by atoms with van der Waals surface area (Å²) in [4.78, 5) is 13.7. The summed E-state index contributed by atoms with van der Waals surface area (Å²) >= 11 is 3.06. The Balaban J connectivity index is 2.67. The molecule has 0 unspecified atom stereocenters. The molecule has 0 spiro atoms. The fourth-order valence-electron chi connectivity index (χ4n) is 0.470. The zero-order valence-electron chi connectivity index (χ0n) is 4.78. The van der Waals surface area contributed by atoms with Gasteiger partial charge in [-0.25, -0.2) is 19.9 Å². The first-order chi connectivity index (χ1) is 4.68. The van der Waals surface area contributed by atoms with Crippen LogP contribution in [0.4, 0.5) is 4.79 Å². The lowest BCUT2D eigenvalue weighted by molar-refractivity contribution is 0.206. The number of carbonyl (C=O) groups is 1. The topological polar surface area (TPSA) is 67.2 Å². The lowest BCUT2D eigenvalue weighted by Gasteiger charge is -1.96. The fraction of sp³-hybridized carbons (Fsp3) is 0. The molecule has 0 saturated carbocycles. The quantitative estimate of drug-likeness (QED) is 0.716. The predicted octanol–water partition coefficient (Wildman–Crippen LogP) is 0.867. The van der Waals surface area contributed by atoms with Crippen molar-refractivity contribution in [2.75, 3.05) is 5.43 Å². The smallest absolute Gasteiger partial charge is 0.424 e. The minimum atomic E-state index is -1.12. The molecule has 0 aromatic carbocycles. The number of amides is 1. The van der Waals surface area contributed by atoms with Crippen molar-refractivity contribution in [3.63, 3.8) is 0 Å². The molecule has 0 saturated heterocycles. The summed E-state index contributed by atoms with van der Waals surface area (Å²) < 4.78 is 1.81. The van der Waals surface area contributed by atoms with Gasteiger partial charge in [-0.3, -0.25) is 0 Å². The van der Waals surface area contributed by atoms with E-state index in [2.05, 4.69) is 26.3 Å². The van der Waals surface area contributed by atoms with Crippen molar-refractivity contribution in [1.82, 2.24) is 9.66 Å². The van der Waals surface area contributed by atoms with Gasteiger partial charge in [-0.2, -0.15) is 0 Å².